The second kappa shape index (κ2) is 6.28. The summed E-state index contributed by atoms with van der Waals surface area (Å²) in [6.45, 7) is 4.63. The van der Waals surface area contributed by atoms with Crippen molar-refractivity contribution in [3.8, 4) is 0 Å². The third kappa shape index (κ3) is 3.66. The summed E-state index contributed by atoms with van der Waals surface area (Å²) < 4.78 is 0. The first kappa shape index (κ1) is 12.7. The number of rotatable bonds is 5. The largest absolute Gasteiger partial charge is 0.354 e. The average molecular weight is 220 g/mol. The van der Waals surface area contributed by atoms with Crippen molar-refractivity contribution in [3.05, 3.63) is 35.9 Å². The summed E-state index contributed by atoms with van der Waals surface area (Å²) in [5, 5.41) is 2.87. The predicted octanol–water partition coefficient (Wildman–Crippen LogP) is 1.64. The van der Waals surface area contributed by atoms with Crippen LogP contribution in [0.2, 0.25) is 0 Å². The monoisotopic (exact) mass is 220 g/mol. The van der Waals surface area contributed by atoms with Crippen LogP contribution in [0.5, 0.6) is 0 Å². The summed E-state index contributed by atoms with van der Waals surface area (Å²) in [5.41, 5.74) is 6.86. The molecule has 1 unspecified atom stereocenters. The predicted molar refractivity (Wildman–Crippen MR) is 66.1 cm³/mol. The van der Waals surface area contributed by atoms with E-state index >= 15 is 0 Å². The molecule has 1 aromatic carbocycles. The van der Waals surface area contributed by atoms with Crippen molar-refractivity contribution in [3.63, 3.8) is 0 Å². The molecule has 2 atom stereocenters. The Morgan fingerprint density at radius 1 is 1.38 bits per heavy atom. The first-order chi connectivity index (χ1) is 7.65. The fraction of sp³-hybridized carbons (Fsp3) is 0.462. The first-order valence-electron chi connectivity index (χ1n) is 5.73. The number of nitrogens with one attached hydrogen (secondary N) is 1. The van der Waals surface area contributed by atoms with Crippen LogP contribution in [-0.2, 0) is 4.79 Å². The molecule has 1 rings (SSSR count). The Kier molecular flexibility index (Phi) is 4.99. The van der Waals surface area contributed by atoms with Gasteiger partial charge in [0.05, 0.1) is 6.04 Å². The van der Waals surface area contributed by atoms with Crippen LogP contribution in [0.1, 0.15) is 31.7 Å². The maximum atomic E-state index is 11.5. The first-order valence-corrected chi connectivity index (χ1v) is 5.73. The van der Waals surface area contributed by atoms with Gasteiger partial charge in [-0.2, -0.15) is 0 Å². The minimum absolute atomic E-state index is 0.0646. The fourth-order valence-corrected chi connectivity index (χ4v) is 1.47. The van der Waals surface area contributed by atoms with E-state index in [0.717, 1.165) is 0 Å². The molecule has 0 radical (unpaired) electrons. The van der Waals surface area contributed by atoms with Crippen LogP contribution >= 0.6 is 0 Å². The van der Waals surface area contributed by atoms with Crippen LogP contribution in [0.4, 0.5) is 0 Å². The van der Waals surface area contributed by atoms with E-state index in [1.165, 1.54) is 5.56 Å². The van der Waals surface area contributed by atoms with E-state index in [1.54, 1.807) is 0 Å². The van der Waals surface area contributed by atoms with Gasteiger partial charge >= 0.3 is 0 Å². The Labute approximate surface area is 97.0 Å². The molecular weight excluding hydrogens is 200 g/mol. The van der Waals surface area contributed by atoms with E-state index in [0.29, 0.717) is 18.9 Å². The van der Waals surface area contributed by atoms with E-state index in [2.05, 4.69) is 24.4 Å². The van der Waals surface area contributed by atoms with Crippen molar-refractivity contribution < 1.29 is 4.79 Å². The number of amides is 1. The second-order valence-electron chi connectivity index (χ2n) is 4.07. The standard InChI is InChI=1S/C13H20N2O/c1-3-12(14)13(16)15-9-10(2)11-7-5-4-6-8-11/h4-8,10,12H,3,9,14H2,1-2H3,(H,15,16)/t10?,12-/m1/s1. The number of carbonyl (C=O) groups excluding carboxylic acids is 1. The Morgan fingerprint density at radius 3 is 2.56 bits per heavy atom. The molecule has 1 aromatic rings. The molecule has 0 aliphatic heterocycles. The van der Waals surface area contributed by atoms with Crippen molar-refractivity contribution in [1.29, 1.82) is 0 Å². The molecule has 3 N–H and O–H groups in total. The van der Waals surface area contributed by atoms with E-state index in [1.807, 2.05) is 25.1 Å². The molecule has 0 saturated carbocycles. The van der Waals surface area contributed by atoms with E-state index in [9.17, 15) is 4.79 Å². The normalized spacial score (nSPS) is 14.2. The molecule has 0 aliphatic carbocycles. The Hall–Kier alpha value is -1.35. The van der Waals surface area contributed by atoms with Crippen LogP contribution in [0.3, 0.4) is 0 Å². The maximum Gasteiger partial charge on any atom is 0.236 e. The van der Waals surface area contributed by atoms with Crippen molar-refractivity contribution in [2.45, 2.75) is 32.2 Å². The van der Waals surface area contributed by atoms with Crippen LogP contribution in [0.15, 0.2) is 30.3 Å². The average Bonchev–Trinajstić information content (AvgIpc) is 2.35. The Balaban J connectivity index is 2.42. The molecule has 0 spiro atoms. The zero-order valence-electron chi connectivity index (χ0n) is 9.94. The molecule has 3 nitrogen and oxygen atoms in total. The lowest BCUT2D eigenvalue weighted by Gasteiger charge is -2.15. The summed E-state index contributed by atoms with van der Waals surface area (Å²) in [5.74, 6) is 0.250. The van der Waals surface area contributed by atoms with Gasteiger partial charge in [-0.3, -0.25) is 4.79 Å². The van der Waals surface area contributed by atoms with Crippen LogP contribution in [0, 0.1) is 0 Å². The SMILES string of the molecule is CC[C@@H](N)C(=O)NCC(C)c1ccccc1. The lowest BCUT2D eigenvalue weighted by Crippen LogP contribution is -2.41. The highest BCUT2D eigenvalue weighted by molar-refractivity contribution is 5.81. The molecule has 0 bridgehead atoms. The lowest BCUT2D eigenvalue weighted by molar-refractivity contribution is -0.122. The number of nitrogens with two attached hydrogens (primary N) is 1. The summed E-state index contributed by atoms with van der Waals surface area (Å²) in [7, 11) is 0. The lowest BCUT2D eigenvalue weighted by atomic mass is 10.0. The highest BCUT2D eigenvalue weighted by Gasteiger charge is 2.12. The van der Waals surface area contributed by atoms with Gasteiger partial charge in [0.15, 0.2) is 0 Å². The maximum absolute atomic E-state index is 11.5. The quantitative estimate of drug-likeness (QED) is 0.792. The van der Waals surface area contributed by atoms with Gasteiger partial charge in [0.1, 0.15) is 0 Å². The number of carbonyl (C=O) groups is 1. The smallest absolute Gasteiger partial charge is 0.236 e. The summed E-state index contributed by atoms with van der Waals surface area (Å²) in [4.78, 5) is 11.5. The number of hydrogen-bond donors (Lipinski definition) is 2. The highest BCUT2D eigenvalue weighted by atomic mass is 16.2. The minimum atomic E-state index is -0.386. The third-order valence-corrected chi connectivity index (χ3v) is 2.73. The highest BCUT2D eigenvalue weighted by Crippen LogP contribution is 2.12. The molecule has 0 aromatic heterocycles. The van der Waals surface area contributed by atoms with Gasteiger partial charge in [0, 0.05) is 6.54 Å². The molecule has 0 aliphatic rings. The van der Waals surface area contributed by atoms with E-state index in [4.69, 9.17) is 5.73 Å². The van der Waals surface area contributed by atoms with Crippen LogP contribution in [0.25, 0.3) is 0 Å². The van der Waals surface area contributed by atoms with Gasteiger partial charge in [-0.25, -0.2) is 0 Å². The van der Waals surface area contributed by atoms with Gasteiger partial charge in [-0.15, -0.1) is 0 Å². The van der Waals surface area contributed by atoms with Gasteiger partial charge < -0.3 is 11.1 Å². The molecule has 1 amide bonds. The van der Waals surface area contributed by atoms with Gasteiger partial charge in [-0.1, -0.05) is 44.2 Å². The van der Waals surface area contributed by atoms with Gasteiger partial charge in [-0.05, 0) is 17.9 Å². The van der Waals surface area contributed by atoms with Crippen molar-refractivity contribution in [1.82, 2.24) is 5.32 Å². The van der Waals surface area contributed by atoms with Crippen molar-refractivity contribution >= 4 is 5.91 Å². The fourth-order valence-electron chi connectivity index (χ4n) is 1.47. The molecule has 3 heteroatoms. The van der Waals surface area contributed by atoms with Crippen LogP contribution < -0.4 is 11.1 Å². The summed E-state index contributed by atoms with van der Waals surface area (Å²) in [6.07, 6.45) is 0.672. The number of hydrogen-bond acceptors (Lipinski definition) is 2. The van der Waals surface area contributed by atoms with Crippen LogP contribution in [-0.4, -0.2) is 18.5 Å². The minimum Gasteiger partial charge on any atom is -0.354 e. The zero-order chi connectivity index (χ0) is 12.0. The molecule has 16 heavy (non-hydrogen) atoms. The topological polar surface area (TPSA) is 55.1 Å². The van der Waals surface area contributed by atoms with Crippen molar-refractivity contribution in [2.75, 3.05) is 6.54 Å². The molecule has 0 fully saturated rings. The molecule has 88 valence electrons. The molecule has 0 heterocycles. The van der Waals surface area contributed by atoms with Gasteiger partial charge in [0.25, 0.3) is 0 Å². The summed E-state index contributed by atoms with van der Waals surface area (Å²) in [6, 6.07) is 9.74. The molecular formula is C13H20N2O. The van der Waals surface area contributed by atoms with E-state index < -0.39 is 0 Å². The second-order valence-corrected chi connectivity index (χ2v) is 4.07. The van der Waals surface area contributed by atoms with E-state index in [-0.39, 0.29) is 11.9 Å². The summed E-state index contributed by atoms with van der Waals surface area (Å²) >= 11 is 0. The van der Waals surface area contributed by atoms with Gasteiger partial charge in [0.2, 0.25) is 5.91 Å². The van der Waals surface area contributed by atoms with Crippen molar-refractivity contribution in [2.24, 2.45) is 5.73 Å². The Morgan fingerprint density at radius 2 is 2.00 bits per heavy atom. The Bertz CT molecular complexity index is 324. The number of benzene rings is 1. The zero-order valence-corrected chi connectivity index (χ0v) is 9.94. The third-order valence-electron chi connectivity index (χ3n) is 2.73. The molecule has 0 saturated heterocycles.